The van der Waals surface area contributed by atoms with Crippen molar-refractivity contribution in [2.75, 3.05) is 0 Å². The number of nitrogens with zero attached hydrogens (tertiary/aromatic N) is 4. The topological polar surface area (TPSA) is 84.9 Å². The molecule has 0 unspecified atom stereocenters. The SMILES string of the molecule is C[Si](C)(C)[N-][Si](C)(C)C.C[Si](C)(C)[N-][Si](C)(C)C.C[Si](C)(C)[N-][Si](C)(C)C.C[Si](C)(C)[N-][Si](C)(C)C.[Co+2].[Co+2].[Na+].[Na+].[O-2]. The maximum atomic E-state index is 4.82. The van der Waals surface area contributed by atoms with Crippen molar-refractivity contribution in [3.63, 3.8) is 0 Å². The summed E-state index contributed by atoms with van der Waals surface area (Å²) in [5, 5.41) is 0. The molecule has 0 aromatic carbocycles. The van der Waals surface area contributed by atoms with Gasteiger partial charge < -0.3 is 24.1 Å². The van der Waals surface area contributed by atoms with Crippen LogP contribution in [-0.2, 0) is 39.0 Å². The molecule has 0 saturated carbocycles. The van der Waals surface area contributed by atoms with Crippen molar-refractivity contribution in [2.45, 2.75) is 157 Å². The predicted octanol–water partition coefficient (Wildman–Crippen LogP) is 6.00. The molecule has 0 amide bonds. The zero-order valence-electron chi connectivity index (χ0n) is 32.9. The van der Waals surface area contributed by atoms with Crippen molar-refractivity contribution < 1.29 is 98.1 Å². The Kier molecular flexibility index (Phi) is 43.6. The molecule has 0 fully saturated rings. The van der Waals surface area contributed by atoms with Crippen LogP contribution in [0.5, 0.6) is 0 Å². The van der Waals surface area contributed by atoms with Crippen LogP contribution in [0.2, 0.25) is 157 Å². The first kappa shape index (κ1) is 67.7. The van der Waals surface area contributed by atoms with E-state index in [0.29, 0.717) is 0 Å². The third-order valence-corrected chi connectivity index (χ3v) is 24.1. The van der Waals surface area contributed by atoms with Crippen LogP contribution in [0.25, 0.3) is 18.6 Å². The summed E-state index contributed by atoms with van der Waals surface area (Å²) in [6.07, 6.45) is 0. The van der Waals surface area contributed by atoms with Crippen molar-refractivity contribution in [3.05, 3.63) is 18.6 Å². The van der Waals surface area contributed by atoms with Crippen molar-refractivity contribution in [3.8, 4) is 0 Å². The van der Waals surface area contributed by atoms with E-state index in [2.05, 4.69) is 157 Å². The molecule has 0 bridgehead atoms. The zero-order chi connectivity index (χ0) is 30.8. The minimum Gasteiger partial charge on any atom is -2.00 e. The number of rotatable bonds is 8. The molecule has 2 radical (unpaired) electrons. The molecule has 246 valence electrons. The molecule has 0 aromatic heterocycles. The molecule has 0 heterocycles. The van der Waals surface area contributed by atoms with Crippen LogP contribution in [0.15, 0.2) is 0 Å². The largest absolute Gasteiger partial charge is 2.00 e. The molecular formula is C24H72Co2N4Na2OSi8. The molecule has 0 aromatic rings. The molecular weight excluding hydrogens is 749 g/mol. The first-order chi connectivity index (χ1) is 14.8. The smallest absolute Gasteiger partial charge is 2.00 e. The first-order valence-electron chi connectivity index (χ1n) is 13.8. The fourth-order valence-electron chi connectivity index (χ4n) is 4.02. The van der Waals surface area contributed by atoms with Gasteiger partial charge in [-0.25, -0.2) is 0 Å². The van der Waals surface area contributed by atoms with Crippen LogP contribution < -0.4 is 59.1 Å². The maximum Gasteiger partial charge on any atom is 2.00 e. The average molecular weight is 821 g/mol. The van der Waals surface area contributed by atoms with Gasteiger partial charge in [0.2, 0.25) is 0 Å². The minimum atomic E-state index is -1.11. The Labute approximate surface area is 335 Å². The summed E-state index contributed by atoms with van der Waals surface area (Å²) in [4.78, 5) is 0. The van der Waals surface area contributed by atoms with Crippen molar-refractivity contribution in [1.82, 2.24) is 0 Å². The van der Waals surface area contributed by atoms with Gasteiger partial charge in [0.1, 0.15) is 0 Å². The molecule has 0 rings (SSSR count). The monoisotopic (exact) mass is 820 g/mol. The van der Waals surface area contributed by atoms with E-state index in [9.17, 15) is 0 Å². The third-order valence-electron chi connectivity index (χ3n) is 2.68. The van der Waals surface area contributed by atoms with Gasteiger partial charge in [-0.3, -0.25) is 0 Å². The predicted molar refractivity (Wildman–Crippen MR) is 201 cm³/mol. The van der Waals surface area contributed by atoms with Crippen LogP contribution in [0, 0.1) is 0 Å². The standard InChI is InChI=1S/4C6H18NSi2.2Co.2Na.O/c4*1-8(2,3)7-9(4,5)6;;;;;/h4*1-6H3;;;;;/q4*-1;2*+2;2*+1;-2. The second-order valence-electron chi connectivity index (χ2n) is 17.8. The van der Waals surface area contributed by atoms with E-state index in [4.69, 9.17) is 18.6 Å². The number of hydrogen-bond donors (Lipinski definition) is 0. The van der Waals surface area contributed by atoms with Gasteiger partial charge in [0.25, 0.3) is 0 Å². The van der Waals surface area contributed by atoms with Crippen LogP contribution in [0.1, 0.15) is 0 Å². The summed E-state index contributed by atoms with van der Waals surface area (Å²) in [6, 6.07) is 0. The normalized spacial score (nSPS) is 12.3. The van der Waals surface area contributed by atoms with Gasteiger partial charge in [0.15, 0.2) is 0 Å². The Hall–Kier alpha value is 4.55. The summed E-state index contributed by atoms with van der Waals surface area (Å²) in [7, 11) is -8.85. The third kappa shape index (κ3) is 99.0. The average Bonchev–Trinajstić information content (AvgIpc) is 2.19. The van der Waals surface area contributed by atoms with E-state index in [0.717, 1.165) is 0 Å². The van der Waals surface area contributed by atoms with Gasteiger partial charge in [-0.2, -0.15) is 0 Å². The fourth-order valence-corrected chi connectivity index (χ4v) is 36.2. The molecule has 0 aliphatic heterocycles. The fraction of sp³-hybridized carbons (Fsp3) is 1.00. The summed E-state index contributed by atoms with van der Waals surface area (Å²) < 4.78 is 19.3. The van der Waals surface area contributed by atoms with Gasteiger partial charge in [0, 0.05) is 0 Å². The van der Waals surface area contributed by atoms with Gasteiger partial charge >= 0.3 is 92.7 Å². The second kappa shape index (κ2) is 26.4. The molecule has 0 atom stereocenters. The molecule has 17 heteroatoms. The summed E-state index contributed by atoms with van der Waals surface area (Å²) in [5.74, 6) is 0. The Morgan fingerprint density at radius 2 is 0.268 bits per heavy atom. The summed E-state index contributed by atoms with van der Waals surface area (Å²) in [5.41, 5.74) is 0. The number of hydrogen-bond acceptors (Lipinski definition) is 0. The Bertz CT molecular complexity index is 438. The van der Waals surface area contributed by atoms with E-state index < -0.39 is 65.9 Å². The molecule has 0 N–H and O–H groups in total. The minimum absolute atomic E-state index is 0. The molecule has 41 heavy (non-hydrogen) atoms. The first-order valence-corrected chi connectivity index (χ1v) is 41.4. The second-order valence-corrected chi connectivity index (χ2v) is 56.1. The van der Waals surface area contributed by atoms with Gasteiger partial charge in [-0.1, -0.05) is 223 Å². The molecule has 0 aliphatic rings. The van der Waals surface area contributed by atoms with Crippen LogP contribution in [0.3, 0.4) is 0 Å². The van der Waals surface area contributed by atoms with E-state index in [1.54, 1.807) is 0 Å². The van der Waals surface area contributed by atoms with E-state index in [-0.39, 0.29) is 98.1 Å². The maximum absolute atomic E-state index is 4.82. The molecule has 0 spiro atoms. The van der Waals surface area contributed by atoms with Crippen LogP contribution in [0.4, 0.5) is 0 Å². The molecule has 0 aliphatic carbocycles. The van der Waals surface area contributed by atoms with Crippen LogP contribution >= 0.6 is 0 Å². The Morgan fingerprint density at radius 1 is 0.220 bits per heavy atom. The van der Waals surface area contributed by atoms with Gasteiger partial charge in [0.05, 0.1) is 0 Å². The summed E-state index contributed by atoms with van der Waals surface area (Å²) >= 11 is 0. The quantitative estimate of drug-likeness (QED) is 0.269. The summed E-state index contributed by atoms with van der Waals surface area (Å²) in [6.45, 7) is 55.1. The van der Waals surface area contributed by atoms with Crippen molar-refractivity contribution in [1.29, 1.82) is 0 Å². The zero-order valence-corrected chi connectivity index (χ0v) is 46.9. The van der Waals surface area contributed by atoms with E-state index in [1.165, 1.54) is 0 Å². The van der Waals surface area contributed by atoms with Crippen molar-refractivity contribution >= 4 is 65.9 Å². The Morgan fingerprint density at radius 3 is 0.268 bits per heavy atom. The molecule has 5 nitrogen and oxygen atoms in total. The molecule has 0 saturated heterocycles. The van der Waals surface area contributed by atoms with Gasteiger partial charge in [-0.15, -0.1) is 0 Å². The van der Waals surface area contributed by atoms with Gasteiger partial charge in [-0.05, 0) is 0 Å². The van der Waals surface area contributed by atoms with Crippen LogP contribution in [-0.4, -0.2) is 65.9 Å². The Balaban J connectivity index is -0.0000000457. The van der Waals surface area contributed by atoms with E-state index in [1.807, 2.05) is 0 Å². The van der Waals surface area contributed by atoms with E-state index >= 15 is 0 Å². The van der Waals surface area contributed by atoms with Crippen molar-refractivity contribution in [2.24, 2.45) is 0 Å².